The van der Waals surface area contributed by atoms with E-state index >= 15 is 0 Å². The van der Waals surface area contributed by atoms with Crippen LogP contribution in [0, 0.1) is 0 Å². The second-order valence-corrected chi connectivity index (χ2v) is 11.3. The zero-order chi connectivity index (χ0) is 14.8. The summed E-state index contributed by atoms with van der Waals surface area (Å²) in [6.07, 6.45) is -2.01. The van der Waals surface area contributed by atoms with E-state index in [2.05, 4.69) is 33.9 Å². The largest absolute Gasteiger partial charge is 0.414 e. The molecule has 1 aliphatic heterocycles. The lowest BCUT2D eigenvalue weighted by Crippen LogP contribution is -2.45. The van der Waals surface area contributed by atoms with Crippen molar-refractivity contribution in [2.24, 2.45) is 0 Å². The van der Waals surface area contributed by atoms with Crippen LogP contribution < -0.4 is 0 Å². The van der Waals surface area contributed by atoms with Crippen LogP contribution in [0.4, 0.5) is 0 Å². The molecule has 0 saturated carbocycles. The van der Waals surface area contributed by atoms with Crippen LogP contribution in [0.25, 0.3) is 0 Å². The molecule has 1 N–H and O–H groups in total. The van der Waals surface area contributed by atoms with Crippen LogP contribution in [0.2, 0.25) is 18.1 Å². The van der Waals surface area contributed by atoms with Gasteiger partial charge < -0.3 is 23.7 Å². The molecule has 5 nitrogen and oxygen atoms in total. The van der Waals surface area contributed by atoms with E-state index in [-0.39, 0.29) is 17.2 Å². The quantitative estimate of drug-likeness (QED) is 0.782. The van der Waals surface area contributed by atoms with E-state index in [0.717, 1.165) is 0 Å². The maximum Gasteiger partial charge on any atom is 0.192 e. The van der Waals surface area contributed by atoms with Crippen molar-refractivity contribution < 1.29 is 23.7 Å². The van der Waals surface area contributed by atoms with E-state index in [9.17, 15) is 5.11 Å². The summed E-state index contributed by atoms with van der Waals surface area (Å²) in [5.41, 5.74) is 0. The molecule has 1 heterocycles. The van der Waals surface area contributed by atoms with Crippen molar-refractivity contribution in [3.8, 4) is 0 Å². The second-order valence-electron chi connectivity index (χ2n) is 6.54. The van der Waals surface area contributed by atoms with Crippen LogP contribution in [-0.4, -0.2) is 58.9 Å². The molecular weight excluding hydrogens is 264 g/mol. The maximum atomic E-state index is 9.78. The Balaban J connectivity index is 2.63. The summed E-state index contributed by atoms with van der Waals surface area (Å²) >= 11 is 0. The Bertz CT molecular complexity index is 289. The molecule has 114 valence electrons. The summed E-state index contributed by atoms with van der Waals surface area (Å²) in [6.45, 7) is 11.4. The second kappa shape index (κ2) is 6.20. The molecule has 1 saturated heterocycles. The van der Waals surface area contributed by atoms with E-state index in [4.69, 9.17) is 18.6 Å². The zero-order valence-corrected chi connectivity index (χ0v) is 14.1. The Labute approximate surface area is 117 Å². The van der Waals surface area contributed by atoms with E-state index in [0.29, 0.717) is 6.61 Å². The third-order valence-corrected chi connectivity index (χ3v) is 8.75. The molecule has 4 atom stereocenters. The molecule has 0 unspecified atom stereocenters. The fraction of sp³-hybridized carbons (Fsp3) is 1.00. The van der Waals surface area contributed by atoms with E-state index in [1.165, 1.54) is 0 Å². The molecule has 0 bridgehead atoms. The Morgan fingerprint density at radius 3 is 2.05 bits per heavy atom. The molecule has 0 aromatic carbocycles. The average molecular weight is 292 g/mol. The number of hydrogen-bond acceptors (Lipinski definition) is 5. The summed E-state index contributed by atoms with van der Waals surface area (Å²) in [5, 5.41) is 9.93. The molecule has 1 fully saturated rings. The van der Waals surface area contributed by atoms with Crippen LogP contribution in [-0.2, 0) is 18.6 Å². The number of aliphatic hydroxyl groups is 1. The summed E-state index contributed by atoms with van der Waals surface area (Å²) in [7, 11) is 1.31. The van der Waals surface area contributed by atoms with Gasteiger partial charge in [-0.25, -0.2) is 0 Å². The molecular formula is C13H28O5Si. The van der Waals surface area contributed by atoms with E-state index in [1.54, 1.807) is 14.2 Å². The van der Waals surface area contributed by atoms with Crippen LogP contribution in [0.3, 0.4) is 0 Å². The van der Waals surface area contributed by atoms with E-state index < -0.39 is 20.7 Å². The van der Waals surface area contributed by atoms with Crippen molar-refractivity contribution in [2.45, 2.75) is 63.5 Å². The number of rotatable bonds is 5. The Morgan fingerprint density at radius 1 is 1.11 bits per heavy atom. The van der Waals surface area contributed by atoms with Crippen LogP contribution in [0.1, 0.15) is 20.8 Å². The van der Waals surface area contributed by atoms with E-state index in [1.807, 2.05) is 0 Å². The van der Waals surface area contributed by atoms with Gasteiger partial charge in [0.05, 0.1) is 6.61 Å². The van der Waals surface area contributed by atoms with Gasteiger partial charge >= 0.3 is 0 Å². The number of ether oxygens (including phenoxy) is 3. The molecule has 0 aromatic heterocycles. The van der Waals surface area contributed by atoms with Gasteiger partial charge in [0.25, 0.3) is 0 Å². The fourth-order valence-corrected chi connectivity index (χ4v) is 2.90. The van der Waals surface area contributed by atoms with Crippen molar-refractivity contribution >= 4 is 8.32 Å². The molecule has 6 heteroatoms. The molecule has 0 aliphatic carbocycles. The molecule has 0 aromatic rings. The Hall–Kier alpha value is 0.0169. The van der Waals surface area contributed by atoms with Gasteiger partial charge in [-0.2, -0.15) is 0 Å². The van der Waals surface area contributed by atoms with Crippen molar-refractivity contribution in [1.29, 1.82) is 0 Å². The lowest BCUT2D eigenvalue weighted by molar-refractivity contribution is -0.139. The standard InChI is InChI=1S/C13H28O5Si/c1-13(2,3)19(6,7)17-8-9-10(15-4)11(16-5)12(14)18-9/h9-12,14H,8H2,1-7H3/t9-,10-,11-,12-/m1/s1. The summed E-state index contributed by atoms with van der Waals surface area (Å²) in [4.78, 5) is 0. The minimum atomic E-state index is -1.83. The number of hydrogen-bond donors (Lipinski definition) is 1. The van der Waals surface area contributed by atoms with Crippen molar-refractivity contribution in [3.05, 3.63) is 0 Å². The highest BCUT2D eigenvalue weighted by molar-refractivity contribution is 6.74. The van der Waals surface area contributed by atoms with Gasteiger partial charge in [0.2, 0.25) is 0 Å². The van der Waals surface area contributed by atoms with Crippen molar-refractivity contribution in [2.75, 3.05) is 20.8 Å². The van der Waals surface area contributed by atoms with Crippen LogP contribution in [0.15, 0.2) is 0 Å². The van der Waals surface area contributed by atoms with Crippen molar-refractivity contribution in [1.82, 2.24) is 0 Å². The van der Waals surface area contributed by atoms with Crippen LogP contribution in [0.5, 0.6) is 0 Å². The molecule has 0 amide bonds. The first-order valence-electron chi connectivity index (χ1n) is 6.67. The highest BCUT2D eigenvalue weighted by Crippen LogP contribution is 2.37. The highest BCUT2D eigenvalue weighted by atomic mass is 28.4. The Morgan fingerprint density at radius 2 is 1.63 bits per heavy atom. The van der Waals surface area contributed by atoms with Gasteiger partial charge in [0.1, 0.15) is 18.3 Å². The molecule has 0 spiro atoms. The van der Waals surface area contributed by atoms with Crippen LogP contribution >= 0.6 is 0 Å². The summed E-state index contributed by atoms with van der Waals surface area (Å²) in [6, 6.07) is 0. The fourth-order valence-electron chi connectivity index (χ4n) is 1.89. The first kappa shape index (κ1) is 17.1. The first-order chi connectivity index (χ1) is 8.64. The monoisotopic (exact) mass is 292 g/mol. The number of methoxy groups -OCH3 is 2. The highest BCUT2D eigenvalue weighted by Gasteiger charge is 2.46. The zero-order valence-electron chi connectivity index (χ0n) is 13.1. The minimum Gasteiger partial charge on any atom is -0.414 e. The minimum absolute atomic E-state index is 0.146. The maximum absolute atomic E-state index is 9.78. The molecule has 0 radical (unpaired) electrons. The SMILES string of the molecule is CO[C@@H]1[C@H](OC)[C@@H](CO[Si](C)(C)C(C)(C)C)O[C@H]1O. The van der Waals surface area contributed by atoms with Gasteiger partial charge in [-0.3, -0.25) is 0 Å². The lowest BCUT2D eigenvalue weighted by Gasteiger charge is -2.37. The van der Waals surface area contributed by atoms with Gasteiger partial charge in [0, 0.05) is 14.2 Å². The first-order valence-corrected chi connectivity index (χ1v) is 9.58. The predicted molar refractivity (Wildman–Crippen MR) is 75.6 cm³/mol. The third-order valence-electron chi connectivity index (χ3n) is 4.24. The van der Waals surface area contributed by atoms with Gasteiger partial charge in [-0.15, -0.1) is 0 Å². The Kier molecular flexibility index (Phi) is 5.57. The van der Waals surface area contributed by atoms with Gasteiger partial charge in [-0.05, 0) is 18.1 Å². The summed E-state index contributed by atoms with van der Waals surface area (Å²) < 4.78 is 22.2. The smallest absolute Gasteiger partial charge is 0.192 e. The topological polar surface area (TPSA) is 57.2 Å². The normalized spacial score (nSPS) is 32.8. The number of aliphatic hydroxyl groups excluding tert-OH is 1. The van der Waals surface area contributed by atoms with Gasteiger partial charge in [0.15, 0.2) is 14.6 Å². The summed E-state index contributed by atoms with van der Waals surface area (Å²) in [5.74, 6) is 0. The average Bonchev–Trinajstić information content (AvgIpc) is 2.60. The molecule has 1 aliphatic rings. The van der Waals surface area contributed by atoms with Crippen molar-refractivity contribution in [3.63, 3.8) is 0 Å². The van der Waals surface area contributed by atoms with Gasteiger partial charge in [-0.1, -0.05) is 20.8 Å². The molecule has 1 rings (SSSR count). The predicted octanol–water partition coefficient (Wildman–Crippen LogP) is 1.76. The lowest BCUT2D eigenvalue weighted by atomic mass is 10.1. The molecule has 19 heavy (non-hydrogen) atoms. The third kappa shape index (κ3) is 3.77.